The van der Waals surface area contributed by atoms with Gasteiger partial charge in [0.15, 0.2) is 11.1 Å². The highest BCUT2D eigenvalue weighted by atomic mass is 31.2. The maximum absolute atomic E-state index is 12.4. The number of benzene rings is 2. The molecule has 0 saturated heterocycles. The van der Waals surface area contributed by atoms with Crippen molar-refractivity contribution < 1.29 is 23.6 Å². The molecule has 0 spiro atoms. The lowest BCUT2D eigenvalue weighted by molar-refractivity contribution is 0.103. The molecule has 2 aromatic carbocycles. The molecule has 1 heterocycles. The van der Waals surface area contributed by atoms with Gasteiger partial charge in [-0.3, -0.25) is 9.36 Å². The maximum Gasteiger partial charge on any atom is 0.363 e. The second kappa shape index (κ2) is 5.83. The van der Waals surface area contributed by atoms with Crippen LogP contribution in [0, 0.1) is 6.92 Å². The van der Waals surface area contributed by atoms with Crippen LogP contribution in [-0.2, 0) is 4.57 Å². The quantitative estimate of drug-likeness (QED) is 0.428. The molecule has 0 unspecified atom stereocenters. The van der Waals surface area contributed by atoms with E-state index in [1.165, 1.54) is 25.1 Å². The minimum atomic E-state index is -4.75. The number of carbonyl (C=O) groups excluding carboxylic acids is 1. The van der Waals surface area contributed by atoms with E-state index >= 15 is 0 Å². The van der Waals surface area contributed by atoms with Crippen molar-refractivity contribution in [3.8, 4) is 0 Å². The largest absolute Gasteiger partial charge is 0.422 e. The van der Waals surface area contributed by atoms with Crippen molar-refractivity contribution in [1.29, 1.82) is 0 Å². The van der Waals surface area contributed by atoms with Gasteiger partial charge in [0.05, 0.1) is 0 Å². The summed E-state index contributed by atoms with van der Waals surface area (Å²) in [4.78, 5) is 42.9. The average molecular weight is 344 g/mol. The molecular weight excluding hydrogens is 331 g/mol. The lowest BCUT2D eigenvalue weighted by atomic mass is 10.0. The molecule has 0 aliphatic carbocycles. The van der Waals surface area contributed by atoms with Crippen molar-refractivity contribution in [2.45, 2.75) is 6.92 Å². The van der Waals surface area contributed by atoms with E-state index in [4.69, 9.17) is 4.42 Å². The first-order valence-corrected chi connectivity index (χ1v) is 8.63. The molecule has 0 aliphatic rings. The van der Waals surface area contributed by atoms with Crippen LogP contribution in [0.15, 0.2) is 57.7 Å². The summed E-state index contributed by atoms with van der Waals surface area (Å²) in [5.41, 5.74) is -0.0367. The van der Waals surface area contributed by atoms with Crippen LogP contribution >= 0.6 is 7.60 Å². The SMILES string of the molecule is Cc1c(P(=O)(O)O)c(=O)oc2cc(C(=O)c3ccccc3)ccc12. The Balaban J connectivity index is 2.19. The molecule has 24 heavy (non-hydrogen) atoms. The van der Waals surface area contributed by atoms with E-state index < -0.39 is 18.5 Å². The summed E-state index contributed by atoms with van der Waals surface area (Å²) < 4.78 is 16.5. The van der Waals surface area contributed by atoms with Gasteiger partial charge >= 0.3 is 13.2 Å². The van der Waals surface area contributed by atoms with Crippen molar-refractivity contribution in [2.75, 3.05) is 0 Å². The molecule has 2 N–H and O–H groups in total. The monoisotopic (exact) mass is 344 g/mol. The third-order valence-corrected chi connectivity index (χ3v) is 4.83. The summed E-state index contributed by atoms with van der Waals surface area (Å²) in [6, 6.07) is 13.1. The van der Waals surface area contributed by atoms with Crippen molar-refractivity contribution >= 4 is 29.7 Å². The summed E-state index contributed by atoms with van der Waals surface area (Å²) in [6.07, 6.45) is 0. The first-order chi connectivity index (χ1) is 11.3. The molecule has 7 heteroatoms. The summed E-state index contributed by atoms with van der Waals surface area (Å²) in [7, 11) is -4.75. The fourth-order valence-electron chi connectivity index (χ4n) is 2.58. The van der Waals surface area contributed by atoms with Gasteiger partial charge in [0, 0.05) is 16.5 Å². The lowest BCUT2D eigenvalue weighted by Crippen LogP contribution is -2.26. The highest BCUT2D eigenvalue weighted by molar-refractivity contribution is 7.60. The Bertz CT molecular complexity index is 1050. The van der Waals surface area contributed by atoms with Gasteiger partial charge in [-0.05, 0) is 18.6 Å². The van der Waals surface area contributed by atoms with Crippen LogP contribution in [0.4, 0.5) is 0 Å². The van der Waals surface area contributed by atoms with E-state index in [0.717, 1.165) is 0 Å². The summed E-state index contributed by atoms with van der Waals surface area (Å²) in [5, 5.41) is -0.283. The van der Waals surface area contributed by atoms with Gasteiger partial charge in [-0.2, -0.15) is 0 Å². The standard InChI is InChI=1S/C17H13O6P/c1-10-13-8-7-12(15(18)11-5-3-2-4-6-11)9-14(13)23-17(19)16(10)24(20,21)22/h2-9H,1H3,(H2,20,21,22). The van der Waals surface area contributed by atoms with Crippen LogP contribution in [0.2, 0.25) is 0 Å². The fourth-order valence-corrected chi connectivity index (χ4v) is 3.42. The fraction of sp³-hybridized carbons (Fsp3) is 0.0588. The van der Waals surface area contributed by atoms with E-state index in [0.29, 0.717) is 16.5 Å². The zero-order chi connectivity index (χ0) is 17.5. The number of rotatable bonds is 3. The second-order valence-corrected chi connectivity index (χ2v) is 6.85. The minimum absolute atomic E-state index is 0.108. The molecular formula is C17H13O6P. The zero-order valence-electron chi connectivity index (χ0n) is 12.6. The number of aryl methyl sites for hydroxylation is 1. The molecule has 0 atom stereocenters. The number of carbonyl (C=O) groups is 1. The van der Waals surface area contributed by atoms with Gasteiger partial charge in [0.25, 0.3) is 0 Å². The van der Waals surface area contributed by atoms with E-state index in [9.17, 15) is 23.9 Å². The van der Waals surface area contributed by atoms with Crippen LogP contribution in [-0.4, -0.2) is 15.6 Å². The molecule has 3 rings (SSSR count). The van der Waals surface area contributed by atoms with Crippen molar-refractivity contribution in [3.63, 3.8) is 0 Å². The molecule has 0 amide bonds. The predicted molar refractivity (Wildman–Crippen MR) is 88.8 cm³/mol. The van der Waals surface area contributed by atoms with Gasteiger partial charge in [-0.15, -0.1) is 0 Å². The Hall–Kier alpha value is -2.53. The van der Waals surface area contributed by atoms with Gasteiger partial charge in [0.2, 0.25) is 0 Å². The van der Waals surface area contributed by atoms with Gasteiger partial charge in [0.1, 0.15) is 5.58 Å². The third kappa shape index (κ3) is 2.83. The van der Waals surface area contributed by atoms with E-state index in [2.05, 4.69) is 0 Å². The molecule has 0 aliphatic heterocycles. The van der Waals surface area contributed by atoms with Crippen molar-refractivity contribution in [2.24, 2.45) is 0 Å². The van der Waals surface area contributed by atoms with E-state index in [1.54, 1.807) is 30.3 Å². The molecule has 0 radical (unpaired) electrons. The minimum Gasteiger partial charge on any atom is -0.422 e. The first kappa shape index (κ1) is 16.3. The Labute approximate surface area is 136 Å². The van der Waals surface area contributed by atoms with Crippen molar-refractivity contribution in [1.82, 2.24) is 0 Å². The first-order valence-electron chi connectivity index (χ1n) is 7.02. The zero-order valence-corrected chi connectivity index (χ0v) is 13.5. The van der Waals surface area contributed by atoms with E-state index in [1.807, 2.05) is 0 Å². The lowest BCUT2D eigenvalue weighted by Gasteiger charge is -2.09. The highest BCUT2D eigenvalue weighted by Gasteiger charge is 2.27. The third-order valence-electron chi connectivity index (χ3n) is 3.73. The molecule has 122 valence electrons. The van der Waals surface area contributed by atoms with Crippen molar-refractivity contribution in [3.05, 3.63) is 75.6 Å². The summed E-state index contributed by atoms with van der Waals surface area (Å²) in [5.74, 6) is -0.239. The number of hydrogen-bond donors (Lipinski definition) is 2. The molecule has 0 saturated carbocycles. The molecule has 0 fully saturated rings. The molecule has 3 aromatic rings. The van der Waals surface area contributed by atoms with E-state index in [-0.39, 0.29) is 16.9 Å². The summed E-state index contributed by atoms with van der Waals surface area (Å²) >= 11 is 0. The van der Waals surface area contributed by atoms with Crippen LogP contribution in [0.25, 0.3) is 11.0 Å². The number of fused-ring (bicyclic) bond motifs is 1. The van der Waals surface area contributed by atoms with Gasteiger partial charge in [-0.1, -0.05) is 42.5 Å². The topological polar surface area (TPSA) is 105 Å². The predicted octanol–water partition coefficient (Wildman–Crippen LogP) is 2.14. The molecule has 0 bridgehead atoms. The highest BCUT2D eigenvalue weighted by Crippen LogP contribution is 2.34. The maximum atomic E-state index is 12.4. The second-order valence-electron chi connectivity index (χ2n) is 5.31. The Morgan fingerprint density at radius 2 is 1.71 bits per heavy atom. The number of ketones is 1. The van der Waals surface area contributed by atoms with Crippen LogP contribution in [0.3, 0.4) is 0 Å². The Morgan fingerprint density at radius 3 is 2.33 bits per heavy atom. The Morgan fingerprint density at radius 1 is 1.04 bits per heavy atom. The van der Waals surface area contributed by atoms with Gasteiger partial charge < -0.3 is 14.2 Å². The molecule has 6 nitrogen and oxygen atoms in total. The van der Waals surface area contributed by atoms with Crippen LogP contribution in [0.5, 0.6) is 0 Å². The molecule has 1 aromatic heterocycles. The number of hydrogen-bond acceptors (Lipinski definition) is 4. The van der Waals surface area contributed by atoms with Crippen LogP contribution in [0.1, 0.15) is 21.5 Å². The average Bonchev–Trinajstić information content (AvgIpc) is 2.53. The Kier molecular flexibility index (Phi) is 3.97. The van der Waals surface area contributed by atoms with Crippen LogP contribution < -0.4 is 10.9 Å². The van der Waals surface area contributed by atoms with Gasteiger partial charge in [-0.25, -0.2) is 4.79 Å². The smallest absolute Gasteiger partial charge is 0.363 e. The normalized spacial score (nSPS) is 11.6. The summed E-state index contributed by atoms with van der Waals surface area (Å²) in [6.45, 7) is 1.44.